The number of hydrogen-bond donors (Lipinski definition) is 0. The highest BCUT2D eigenvalue weighted by molar-refractivity contribution is 6.07. The van der Waals surface area contributed by atoms with E-state index < -0.39 is 5.54 Å². The average molecular weight is 420 g/mol. The maximum atomic E-state index is 13.1. The molecule has 0 N–H and O–H groups in total. The summed E-state index contributed by atoms with van der Waals surface area (Å²) in [5.74, 6) is 0.974. The lowest BCUT2D eigenvalue weighted by molar-refractivity contribution is -0.131. The van der Waals surface area contributed by atoms with Crippen LogP contribution in [0, 0.1) is 11.3 Å². The van der Waals surface area contributed by atoms with Crippen LogP contribution in [-0.2, 0) is 11.3 Å². The molecule has 0 atom stereocenters. The number of benzene rings is 3. The van der Waals surface area contributed by atoms with Crippen molar-refractivity contribution in [3.8, 4) is 28.3 Å². The summed E-state index contributed by atoms with van der Waals surface area (Å²) < 4.78 is 0. The molecule has 0 unspecified atom stereocenters. The minimum atomic E-state index is -0.496. The van der Waals surface area contributed by atoms with E-state index >= 15 is 0 Å². The molecular weight excluding hydrogens is 394 g/mol. The Hall–Kier alpha value is -3.71. The third kappa shape index (κ3) is 3.50. The van der Waals surface area contributed by atoms with Crippen molar-refractivity contribution in [1.82, 2.24) is 4.90 Å². The van der Waals surface area contributed by atoms with Crippen LogP contribution in [0.3, 0.4) is 0 Å². The number of rotatable bonds is 4. The van der Waals surface area contributed by atoms with Gasteiger partial charge in [-0.05, 0) is 54.2 Å². The molecule has 1 spiro atoms. The van der Waals surface area contributed by atoms with Crippen LogP contribution in [-0.4, -0.2) is 22.2 Å². The number of hydrogen-bond acceptors (Lipinski definition) is 3. The minimum absolute atomic E-state index is 0.152. The van der Waals surface area contributed by atoms with Gasteiger partial charge in [-0.1, -0.05) is 73.5 Å². The summed E-state index contributed by atoms with van der Waals surface area (Å²) >= 11 is 0. The van der Waals surface area contributed by atoms with Crippen molar-refractivity contribution < 1.29 is 4.79 Å². The first kappa shape index (κ1) is 20.2. The van der Waals surface area contributed by atoms with Gasteiger partial charge in [-0.15, -0.1) is 0 Å². The van der Waals surface area contributed by atoms with Crippen molar-refractivity contribution in [2.75, 3.05) is 0 Å². The van der Waals surface area contributed by atoms with Gasteiger partial charge in [0.1, 0.15) is 11.4 Å². The fourth-order valence-electron chi connectivity index (χ4n) is 4.95. The number of amidine groups is 1. The topological polar surface area (TPSA) is 56.5 Å². The Labute approximate surface area is 188 Å². The number of aliphatic imine (C=N–C) groups is 1. The van der Waals surface area contributed by atoms with Crippen molar-refractivity contribution in [3.63, 3.8) is 0 Å². The van der Waals surface area contributed by atoms with Crippen molar-refractivity contribution in [1.29, 1.82) is 5.26 Å². The molecule has 0 radical (unpaired) electrons. The maximum absolute atomic E-state index is 13.1. The third-order valence-electron chi connectivity index (χ3n) is 6.69. The van der Waals surface area contributed by atoms with Crippen LogP contribution < -0.4 is 0 Å². The number of carbonyl (C=O) groups excluding carboxylic acids is 1. The molecule has 1 heterocycles. The number of carbonyl (C=O) groups is 1. The Morgan fingerprint density at radius 2 is 1.62 bits per heavy atom. The van der Waals surface area contributed by atoms with E-state index in [4.69, 9.17) is 4.99 Å². The first-order valence-electron chi connectivity index (χ1n) is 11.2. The predicted molar refractivity (Wildman–Crippen MR) is 127 cm³/mol. The number of amides is 1. The summed E-state index contributed by atoms with van der Waals surface area (Å²) in [6.45, 7) is 2.47. The van der Waals surface area contributed by atoms with E-state index in [1.54, 1.807) is 0 Å². The van der Waals surface area contributed by atoms with E-state index in [-0.39, 0.29) is 5.91 Å². The van der Waals surface area contributed by atoms with Crippen molar-refractivity contribution in [2.45, 2.75) is 44.7 Å². The quantitative estimate of drug-likeness (QED) is 0.523. The molecule has 1 aliphatic heterocycles. The molecule has 4 nitrogen and oxygen atoms in total. The van der Waals surface area contributed by atoms with Crippen LogP contribution >= 0.6 is 0 Å². The van der Waals surface area contributed by atoms with E-state index in [1.807, 2.05) is 66.4 Å². The van der Waals surface area contributed by atoms with Gasteiger partial charge < -0.3 is 0 Å². The minimum Gasteiger partial charge on any atom is -0.294 e. The first-order valence-corrected chi connectivity index (χ1v) is 11.2. The molecule has 32 heavy (non-hydrogen) atoms. The summed E-state index contributed by atoms with van der Waals surface area (Å²) in [4.78, 5) is 19.7. The zero-order chi connectivity index (χ0) is 22.1. The first-order chi connectivity index (χ1) is 15.6. The van der Waals surface area contributed by atoms with E-state index in [9.17, 15) is 10.1 Å². The summed E-state index contributed by atoms with van der Waals surface area (Å²) in [5.41, 5.74) is 5.33. The van der Waals surface area contributed by atoms with Crippen LogP contribution in [0.2, 0.25) is 0 Å². The summed E-state index contributed by atoms with van der Waals surface area (Å²) in [6.07, 6.45) is 3.89. The maximum Gasteiger partial charge on any atom is 0.256 e. The highest BCUT2D eigenvalue weighted by atomic mass is 16.2. The largest absolute Gasteiger partial charge is 0.294 e. The zero-order valence-corrected chi connectivity index (χ0v) is 18.2. The second kappa shape index (κ2) is 8.09. The molecule has 158 valence electrons. The predicted octanol–water partition coefficient (Wildman–Crippen LogP) is 5.97. The number of nitrogens with zero attached hydrogens (tertiary/aromatic N) is 3. The van der Waals surface area contributed by atoms with Gasteiger partial charge in [0.05, 0.1) is 18.2 Å². The fraction of sp³-hybridized carbons (Fsp3) is 0.250. The zero-order valence-electron chi connectivity index (χ0n) is 18.2. The van der Waals surface area contributed by atoms with Crippen molar-refractivity contribution in [2.24, 2.45) is 4.99 Å². The molecule has 0 bridgehead atoms. The highest BCUT2D eigenvalue weighted by Crippen LogP contribution is 2.39. The molecule has 3 aromatic rings. The molecule has 4 heteroatoms. The van der Waals surface area contributed by atoms with E-state index in [1.165, 1.54) is 0 Å². The summed E-state index contributed by atoms with van der Waals surface area (Å²) in [5, 5.41) is 9.64. The summed E-state index contributed by atoms with van der Waals surface area (Å²) in [7, 11) is 0. The smallest absolute Gasteiger partial charge is 0.256 e. The SMILES string of the molecule is CC1=NC2(CCCC2)C(=O)N1Cc1ccc(-c2cc(-c3ccccc3)ccc2C#N)cc1. The van der Waals surface area contributed by atoms with Gasteiger partial charge in [0.15, 0.2) is 0 Å². The molecule has 3 aromatic carbocycles. The average Bonchev–Trinajstić information content (AvgIpc) is 3.40. The molecule has 1 fully saturated rings. The Balaban J connectivity index is 1.40. The Morgan fingerprint density at radius 3 is 2.31 bits per heavy atom. The second-order valence-corrected chi connectivity index (χ2v) is 8.72. The van der Waals surface area contributed by atoms with E-state index in [0.717, 1.165) is 59.3 Å². The highest BCUT2D eigenvalue weighted by Gasteiger charge is 2.48. The van der Waals surface area contributed by atoms with Crippen LogP contribution in [0.25, 0.3) is 22.3 Å². The molecule has 2 aliphatic rings. The van der Waals surface area contributed by atoms with Gasteiger partial charge in [0, 0.05) is 5.56 Å². The summed E-state index contributed by atoms with van der Waals surface area (Å²) in [6, 6.07) is 26.6. The lowest BCUT2D eigenvalue weighted by atomic mass is 9.94. The molecule has 5 rings (SSSR count). The van der Waals surface area contributed by atoms with Gasteiger partial charge in [-0.25, -0.2) is 0 Å². The lowest BCUT2D eigenvalue weighted by Gasteiger charge is -2.22. The van der Waals surface area contributed by atoms with Gasteiger partial charge in [0.2, 0.25) is 0 Å². The van der Waals surface area contributed by atoms with Crippen LogP contribution in [0.4, 0.5) is 0 Å². The van der Waals surface area contributed by atoms with Gasteiger partial charge in [0.25, 0.3) is 5.91 Å². The molecule has 0 aromatic heterocycles. The van der Waals surface area contributed by atoms with Crippen molar-refractivity contribution in [3.05, 3.63) is 83.9 Å². The monoisotopic (exact) mass is 419 g/mol. The van der Waals surface area contributed by atoms with E-state index in [0.29, 0.717) is 12.1 Å². The standard InChI is InChI=1S/C28H25N3O/c1-20-30-28(15-5-6-16-28)27(32)31(20)19-21-9-11-23(12-10-21)26-17-24(13-14-25(26)18-29)22-7-3-2-4-8-22/h2-4,7-14,17H,5-6,15-16,19H2,1H3. The van der Waals surface area contributed by atoms with Crippen LogP contribution in [0.15, 0.2) is 77.8 Å². The Morgan fingerprint density at radius 1 is 0.938 bits per heavy atom. The van der Waals surface area contributed by atoms with Crippen LogP contribution in [0.1, 0.15) is 43.7 Å². The fourth-order valence-corrected chi connectivity index (χ4v) is 4.95. The molecular formula is C28H25N3O. The van der Waals surface area contributed by atoms with Crippen molar-refractivity contribution >= 4 is 11.7 Å². The second-order valence-electron chi connectivity index (χ2n) is 8.72. The lowest BCUT2D eigenvalue weighted by Crippen LogP contribution is -2.40. The molecule has 1 amide bonds. The molecule has 1 aliphatic carbocycles. The van der Waals surface area contributed by atoms with Gasteiger partial charge >= 0.3 is 0 Å². The molecule has 0 saturated heterocycles. The van der Waals surface area contributed by atoms with Gasteiger partial charge in [-0.2, -0.15) is 5.26 Å². The normalized spacial score (nSPS) is 16.9. The van der Waals surface area contributed by atoms with E-state index in [2.05, 4.69) is 24.3 Å². The Kier molecular flexibility index (Phi) is 5.11. The Bertz CT molecular complexity index is 1230. The molecule has 1 saturated carbocycles. The van der Waals surface area contributed by atoms with Crippen LogP contribution in [0.5, 0.6) is 0 Å². The number of nitriles is 1. The third-order valence-corrected chi connectivity index (χ3v) is 6.69. The van der Waals surface area contributed by atoms with Gasteiger partial charge in [-0.3, -0.25) is 14.7 Å².